The zero-order valence-electron chi connectivity index (χ0n) is 18.8. The fourth-order valence-electron chi connectivity index (χ4n) is 4.16. The number of benzene rings is 4. The van der Waals surface area contributed by atoms with E-state index in [2.05, 4.69) is 55.5 Å². The maximum atomic E-state index is 11.3. The van der Waals surface area contributed by atoms with Crippen molar-refractivity contribution in [1.82, 2.24) is 0 Å². The molecule has 0 bridgehead atoms. The van der Waals surface area contributed by atoms with Crippen molar-refractivity contribution >= 4 is 33.3 Å². The van der Waals surface area contributed by atoms with Crippen LogP contribution in [0.2, 0.25) is 0 Å². The average Bonchev–Trinajstić information content (AvgIpc) is 2.84. The number of rotatable bonds is 7. The molecular weight excluding hydrogens is 447 g/mol. The summed E-state index contributed by atoms with van der Waals surface area (Å²) in [5.74, 6) is -0.214. The van der Waals surface area contributed by atoms with Gasteiger partial charge in [0.15, 0.2) is 0 Å². The molecule has 0 radical (unpaired) electrons. The van der Waals surface area contributed by atoms with Crippen LogP contribution in [0.15, 0.2) is 121 Å². The van der Waals surface area contributed by atoms with Crippen molar-refractivity contribution in [2.24, 2.45) is 0 Å². The molecule has 0 spiro atoms. The Bertz CT molecular complexity index is 1100. The van der Waals surface area contributed by atoms with Crippen LogP contribution in [0.25, 0.3) is 0 Å². The summed E-state index contributed by atoms with van der Waals surface area (Å²) >= 11 is 0. The van der Waals surface area contributed by atoms with Crippen LogP contribution in [0.4, 0.5) is 0 Å². The molecule has 0 heterocycles. The van der Waals surface area contributed by atoms with E-state index >= 15 is 0 Å². The molecule has 0 atom stereocenters. The number of hydrogen-bond donors (Lipinski definition) is 1. The summed E-state index contributed by atoms with van der Waals surface area (Å²) in [4.78, 5) is 0. The fraction of sp³-hybridized carbons (Fsp3) is 0.143. The van der Waals surface area contributed by atoms with Gasteiger partial charge in [-0.3, -0.25) is 0 Å². The first kappa shape index (κ1) is 24.9. The number of aryl methyl sites for hydroxylation is 1. The molecule has 4 aromatic carbocycles. The van der Waals surface area contributed by atoms with E-state index in [0.717, 1.165) is 0 Å². The zero-order valence-corrected chi connectivity index (χ0v) is 20.7. The zero-order chi connectivity index (χ0) is 23.6. The first-order valence-electron chi connectivity index (χ1n) is 11.1. The molecule has 3 nitrogen and oxygen atoms in total. The molecule has 4 rings (SSSR count). The van der Waals surface area contributed by atoms with Crippen molar-refractivity contribution in [2.75, 3.05) is 11.9 Å². The van der Waals surface area contributed by atoms with Crippen LogP contribution in [0.3, 0.4) is 0 Å². The van der Waals surface area contributed by atoms with Gasteiger partial charge in [-0.05, 0) is 6.92 Å². The van der Waals surface area contributed by atoms with Gasteiger partial charge in [-0.25, -0.2) is 0 Å². The van der Waals surface area contributed by atoms with Crippen molar-refractivity contribution in [3.8, 4) is 0 Å². The molecule has 0 aromatic heterocycles. The monoisotopic (exact) mass is 478 g/mol. The molecule has 4 aromatic rings. The molecule has 0 aliphatic rings. The Kier molecular flexibility index (Phi) is 8.96. The van der Waals surface area contributed by atoms with Crippen molar-refractivity contribution in [2.45, 2.75) is 13.3 Å². The van der Waals surface area contributed by atoms with Crippen molar-refractivity contribution in [3.63, 3.8) is 0 Å². The van der Waals surface area contributed by atoms with Gasteiger partial charge in [0.2, 0.25) is 0 Å². The molecule has 0 aliphatic heterocycles. The normalized spacial score (nSPS) is 11.8. The molecule has 0 saturated carbocycles. The molecule has 1 N–H and O–H groups in total. The molecule has 5 heteroatoms. The quantitative estimate of drug-likeness (QED) is 0.301. The van der Waals surface area contributed by atoms with Crippen LogP contribution in [-0.2, 0) is 10.1 Å². The Morgan fingerprint density at radius 2 is 0.939 bits per heavy atom. The Labute approximate surface area is 198 Å². The second kappa shape index (κ2) is 11.9. The van der Waals surface area contributed by atoms with E-state index in [1.54, 1.807) is 0 Å². The minimum atomic E-state index is -3.97. The molecule has 33 heavy (non-hydrogen) atoms. The third kappa shape index (κ3) is 7.10. The summed E-state index contributed by atoms with van der Waals surface area (Å²) in [6.45, 7) is 2.08. The third-order valence-corrected chi connectivity index (χ3v) is 11.6. The van der Waals surface area contributed by atoms with E-state index in [-0.39, 0.29) is 5.75 Å². The van der Waals surface area contributed by atoms with Gasteiger partial charge in [-0.2, -0.15) is 0 Å². The SMILES string of the molecule is Cc1ccccc1.O=S(=O)(O)CCC[PH](c1ccccc1)(c1ccccc1)c1ccccc1. The topological polar surface area (TPSA) is 54.4 Å². The van der Waals surface area contributed by atoms with Crippen LogP contribution in [0.5, 0.6) is 0 Å². The van der Waals surface area contributed by atoms with Crippen LogP contribution >= 0.6 is 7.26 Å². The second-order valence-electron chi connectivity index (χ2n) is 8.05. The van der Waals surface area contributed by atoms with Crippen LogP contribution in [-0.4, -0.2) is 24.9 Å². The molecule has 172 valence electrons. The Balaban J connectivity index is 0.000000374. The maximum absolute atomic E-state index is 11.3. The first-order chi connectivity index (χ1) is 15.9. The van der Waals surface area contributed by atoms with Gasteiger partial charge in [0.25, 0.3) is 0 Å². The van der Waals surface area contributed by atoms with Gasteiger partial charge in [-0.15, -0.1) is 0 Å². The van der Waals surface area contributed by atoms with Crippen molar-refractivity contribution in [3.05, 3.63) is 127 Å². The Morgan fingerprint density at radius 1 is 0.606 bits per heavy atom. The van der Waals surface area contributed by atoms with Crippen molar-refractivity contribution in [1.29, 1.82) is 0 Å². The van der Waals surface area contributed by atoms with Gasteiger partial charge in [0, 0.05) is 0 Å². The van der Waals surface area contributed by atoms with Gasteiger partial charge >= 0.3 is 156 Å². The van der Waals surface area contributed by atoms with Crippen LogP contribution in [0.1, 0.15) is 12.0 Å². The van der Waals surface area contributed by atoms with E-state index < -0.39 is 17.4 Å². The molecule has 0 amide bonds. The van der Waals surface area contributed by atoms with Gasteiger partial charge in [-0.1, -0.05) is 35.9 Å². The van der Waals surface area contributed by atoms with E-state index in [4.69, 9.17) is 0 Å². The van der Waals surface area contributed by atoms with Crippen molar-refractivity contribution < 1.29 is 13.0 Å². The van der Waals surface area contributed by atoms with E-state index in [0.29, 0.717) is 12.6 Å². The molecule has 0 unspecified atom stereocenters. The van der Waals surface area contributed by atoms with Gasteiger partial charge < -0.3 is 0 Å². The van der Waals surface area contributed by atoms with Gasteiger partial charge in [0.1, 0.15) is 0 Å². The summed E-state index contributed by atoms with van der Waals surface area (Å²) in [5.41, 5.74) is 1.32. The third-order valence-electron chi connectivity index (χ3n) is 5.69. The molecule has 0 fully saturated rings. The average molecular weight is 479 g/mol. The molecule has 0 aliphatic carbocycles. The fourth-order valence-corrected chi connectivity index (χ4v) is 9.78. The summed E-state index contributed by atoms with van der Waals surface area (Å²) in [6, 6.07) is 41.3. The second-order valence-corrected chi connectivity index (χ2v) is 13.7. The van der Waals surface area contributed by atoms with E-state index in [9.17, 15) is 13.0 Å². The number of hydrogen-bond acceptors (Lipinski definition) is 2. The predicted octanol–water partition coefficient (Wildman–Crippen LogP) is 4.99. The predicted molar refractivity (Wildman–Crippen MR) is 144 cm³/mol. The minimum absolute atomic E-state index is 0.214. The Hall–Kier alpha value is -2.78. The van der Waals surface area contributed by atoms with E-state index in [1.807, 2.05) is 72.8 Å². The van der Waals surface area contributed by atoms with E-state index in [1.165, 1.54) is 21.5 Å². The van der Waals surface area contributed by atoms with Gasteiger partial charge in [0.05, 0.1) is 0 Å². The summed E-state index contributed by atoms with van der Waals surface area (Å²) in [6.07, 6.45) is 1.13. The summed E-state index contributed by atoms with van der Waals surface area (Å²) < 4.78 is 31.8. The summed E-state index contributed by atoms with van der Waals surface area (Å²) in [5, 5.41) is 3.73. The molecule has 0 saturated heterocycles. The standard InChI is InChI=1S/C21H23O3PS.C7H8/c22-26(23,24)18-10-17-25(19-11-4-1-5-12-19,20-13-6-2-7-14-20)21-15-8-3-9-16-21;1-7-5-3-2-4-6-7/h1-9,11-16,25H,10,17-18H2,(H,22,23,24);2-6H,1H3. The van der Waals surface area contributed by atoms with Crippen LogP contribution < -0.4 is 15.9 Å². The first-order valence-corrected chi connectivity index (χ1v) is 14.9. The molecular formula is C28H31O3PS. The Morgan fingerprint density at radius 3 is 1.21 bits per heavy atom. The summed E-state index contributed by atoms with van der Waals surface area (Å²) in [7, 11) is -6.37. The van der Waals surface area contributed by atoms with Crippen LogP contribution in [0, 0.1) is 6.92 Å².